The molecule has 1 aliphatic rings. The summed E-state index contributed by atoms with van der Waals surface area (Å²) in [6.07, 6.45) is 38.4. The monoisotopic (exact) mass is 763 g/mol. The third-order valence-corrected chi connectivity index (χ3v) is 10.6. The first-order valence-corrected chi connectivity index (χ1v) is 21.2. The molecule has 302 valence electrons. The minimum Gasteiger partial charge on any atom is -0.405 e. The molecule has 0 aromatic heterocycles. The van der Waals surface area contributed by atoms with Crippen LogP contribution in [0.1, 0.15) is 125 Å². The highest BCUT2D eigenvalue weighted by atomic mass is 14.9. The van der Waals surface area contributed by atoms with E-state index in [1.54, 1.807) is 6.20 Å². The van der Waals surface area contributed by atoms with Crippen LogP contribution in [0.15, 0.2) is 174 Å². The summed E-state index contributed by atoms with van der Waals surface area (Å²) in [6, 6.07) is 17.9. The number of rotatable bonds is 21. The Bertz CT molecular complexity index is 1810. The SMILES string of the molecule is C=CCCC(=C)\C1=C/C=C\C=C/C/C=C(C(=C)CC(C=C)C/N=C(\CC(NC)c2cccc(/C=C\CC)c2)c2ccc(C(CC)C/C=C\N)cc2)/N=C/CCCC1. The van der Waals surface area contributed by atoms with Crippen LogP contribution in [-0.4, -0.2) is 25.5 Å². The summed E-state index contributed by atoms with van der Waals surface area (Å²) in [4.78, 5) is 10.3. The quantitative estimate of drug-likeness (QED) is 0.0982. The van der Waals surface area contributed by atoms with Crippen molar-refractivity contribution in [2.45, 2.75) is 103 Å². The number of hydrogen-bond acceptors (Lipinski definition) is 4. The molecule has 4 nitrogen and oxygen atoms in total. The van der Waals surface area contributed by atoms with E-state index in [0.29, 0.717) is 12.5 Å². The molecular weight excluding hydrogens is 693 g/mol. The normalized spacial score (nSPS) is 19.5. The standard InChI is InChI=1S/C53H70N4/c1-8-12-24-42(5)47-27-18-15-14-16-20-31-51(56-37-21-17-19-28-47)43(6)38-44(10-3)41-57-53(49-34-32-48(33-35-49)46(11-4)30-23-36-54)40-52(55-7)50-29-22-26-45(39-50)25-13-9-2/h8,10,13-16,18,22-23,25-27,29,31-37,39,44,46,52,55H,1,3,5-6,9,11-12,17,19-21,24,28,30,38,40-41,54H2,2,4,7H3/b16-14-,18-15-,25-13-,36-23-,47-27-,51-31+,56-37+,57-53+. The predicted octanol–water partition coefficient (Wildman–Crippen LogP) is 13.8. The van der Waals surface area contributed by atoms with E-state index < -0.39 is 0 Å². The Balaban J connectivity index is 1.85. The zero-order valence-electron chi connectivity index (χ0n) is 35.3. The molecule has 57 heavy (non-hydrogen) atoms. The maximum atomic E-state index is 5.69. The van der Waals surface area contributed by atoms with E-state index in [9.17, 15) is 0 Å². The molecular formula is C53H70N4. The number of nitrogens with two attached hydrogens (primary N) is 1. The van der Waals surface area contributed by atoms with Crippen molar-refractivity contribution in [2.24, 2.45) is 21.6 Å². The molecule has 1 heterocycles. The topological polar surface area (TPSA) is 62.8 Å². The number of benzene rings is 2. The Kier molecular flexibility index (Phi) is 22.4. The van der Waals surface area contributed by atoms with Gasteiger partial charge in [-0.3, -0.25) is 9.98 Å². The Morgan fingerprint density at radius 1 is 0.965 bits per heavy atom. The molecule has 0 saturated carbocycles. The van der Waals surface area contributed by atoms with Gasteiger partial charge in [-0.15, -0.1) is 13.2 Å². The lowest BCUT2D eigenvalue weighted by Gasteiger charge is -2.21. The molecule has 0 bridgehead atoms. The van der Waals surface area contributed by atoms with Gasteiger partial charge < -0.3 is 11.1 Å². The first kappa shape index (κ1) is 46.3. The summed E-state index contributed by atoms with van der Waals surface area (Å²) in [5.41, 5.74) is 16.2. The summed E-state index contributed by atoms with van der Waals surface area (Å²) >= 11 is 0. The lowest BCUT2D eigenvalue weighted by atomic mass is 9.90. The summed E-state index contributed by atoms with van der Waals surface area (Å²) in [6.45, 7) is 22.0. The molecule has 2 aromatic carbocycles. The van der Waals surface area contributed by atoms with Crippen molar-refractivity contribution in [1.82, 2.24) is 5.32 Å². The van der Waals surface area contributed by atoms with Crippen molar-refractivity contribution in [3.8, 4) is 0 Å². The Morgan fingerprint density at radius 2 is 1.79 bits per heavy atom. The molecule has 1 aliphatic heterocycles. The average Bonchev–Trinajstić information content (AvgIpc) is 3.25. The zero-order chi connectivity index (χ0) is 41.1. The van der Waals surface area contributed by atoms with Crippen LogP contribution in [0.4, 0.5) is 0 Å². The fourth-order valence-corrected chi connectivity index (χ4v) is 6.98. The molecule has 3 rings (SSSR count). The van der Waals surface area contributed by atoms with Crippen molar-refractivity contribution in [3.63, 3.8) is 0 Å². The fourth-order valence-electron chi connectivity index (χ4n) is 6.98. The van der Waals surface area contributed by atoms with E-state index in [4.69, 9.17) is 15.7 Å². The van der Waals surface area contributed by atoms with Crippen LogP contribution in [0.3, 0.4) is 0 Å². The minimum absolute atomic E-state index is 0.100. The zero-order valence-corrected chi connectivity index (χ0v) is 35.3. The minimum atomic E-state index is 0.100. The van der Waals surface area contributed by atoms with Gasteiger partial charge in [-0.05, 0) is 123 Å². The maximum absolute atomic E-state index is 5.69. The molecule has 3 N–H and O–H groups in total. The number of nitrogens with one attached hydrogen (secondary N) is 1. The lowest BCUT2D eigenvalue weighted by molar-refractivity contribution is 0.611. The van der Waals surface area contributed by atoms with Gasteiger partial charge in [0.05, 0.1) is 5.70 Å². The number of hydrogen-bond donors (Lipinski definition) is 2. The molecule has 2 aromatic rings. The van der Waals surface area contributed by atoms with Crippen LogP contribution in [0.2, 0.25) is 0 Å². The van der Waals surface area contributed by atoms with E-state index in [0.717, 1.165) is 99.6 Å². The summed E-state index contributed by atoms with van der Waals surface area (Å²) in [7, 11) is 2.04. The van der Waals surface area contributed by atoms with Gasteiger partial charge in [0.15, 0.2) is 0 Å². The van der Waals surface area contributed by atoms with Gasteiger partial charge in [0.25, 0.3) is 0 Å². The van der Waals surface area contributed by atoms with E-state index in [1.165, 1.54) is 27.8 Å². The molecule has 0 saturated heterocycles. The second-order valence-electron chi connectivity index (χ2n) is 14.8. The van der Waals surface area contributed by atoms with E-state index in [2.05, 4.69) is 155 Å². The number of aliphatic imine (C=N–C) groups is 2. The van der Waals surface area contributed by atoms with Crippen molar-refractivity contribution < 1.29 is 0 Å². The molecule has 0 spiro atoms. The van der Waals surface area contributed by atoms with Gasteiger partial charge >= 0.3 is 0 Å². The van der Waals surface area contributed by atoms with Crippen LogP contribution in [0.25, 0.3) is 6.08 Å². The van der Waals surface area contributed by atoms with Gasteiger partial charge in [-0.1, -0.05) is 148 Å². The Labute approximate surface area is 346 Å². The molecule has 0 radical (unpaired) electrons. The number of allylic oxidation sites excluding steroid dienone is 12. The van der Waals surface area contributed by atoms with E-state index >= 15 is 0 Å². The van der Waals surface area contributed by atoms with Gasteiger partial charge in [0, 0.05) is 36.9 Å². The second-order valence-corrected chi connectivity index (χ2v) is 14.8. The first-order chi connectivity index (χ1) is 27.9. The van der Waals surface area contributed by atoms with Crippen molar-refractivity contribution >= 4 is 18.0 Å². The Hall–Kier alpha value is -5.06. The fraction of sp³-hybridized carbons (Fsp3) is 0.358. The summed E-state index contributed by atoms with van der Waals surface area (Å²) in [5, 5.41) is 3.59. The van der Waals surface area contributed by atoms with E-state index in [-0.39, 0.29) is 12.0 Å². The number of nitrogens with zero attached hydrogens (tertiary/aromatic N) is 2. The van der Waals surface area contributed by atoms with Gasteiger partial charge in [-0.25, -0.2) is 0 Å². The summed E-state index contributed by atoms with van der Waals surface area (Å²) in [5.74, 6) is 0.542. The smallest absolute Gasteiger partial charge is 0.0615 e. The lowest BCUT2D eigenvalue weighted by Crippen LogP contribution is -2.21. The van der Waals surface area contributed by atoms with Crippen LogP contribution < -0.4 is 11.1 Å². The highest BCUT2D eigenvalue weighted by Crippen LogP contribution is 2.28. The molecule has 0 amide bonds. The van der Waals surface area contributed by atoms with E-state index in [1.807, 2.05) is 19.2 Å². The first-order valence-electron chi connectivity index (χ1n) is 21.2. The van der Waals surface area contributed by atoms with Crippen LogP contribution in [0, 0.1) is 5.92 Å². The van der Waals surface area contributed by atoms with Crippen LogP contribution in [-0.2, 0) is 0 Å². The van der Waals surface area contributed by atoms with Gasteiger partial charge in [0.1, 0.15) is 0 Å². The second kappa shape index (κ2) is 27.5. The van der Waals surface area contributed by atoms with Gasteiger partial charge in [-0.2, -0.15) is 0 Å². The third kappa shape index (κ3) is 16.9. The van der Waals surface area contributed by atoms with Crippen molar-refractivity contribution in [2.75, 3.05) is 13.6 Å². The molecule has 3 atom stereocenters. The van der Waals surface area contributed by atoms with Gasteiger partial charge in [0.2, 0.25) is 0 Å². The van der Waals surface area contributed by atoms with Crippen molar-refractivity contribution in [1.29, 1.82) is 0 Å². The highest BCUT2D eigenvalue weighted by molar-refractivity contribution is 6.01. The Morgan fingerprint density at radius 3 is 2.51 bits per heavy atom. The van der Waals surface area contributed by atoms with Crippen LogP contribution >= 0.6 is 0 Å². The predicted molar refractivity (Wildman–Crippen MR) is 253 cm³/mol. The maximum Gasteiger partial charge on any atom is 0.0615 e. The van der Waals surface area contributed by atoms with Crippen LogP contribution in [0.5, 0.6) is 0 Å². The largest absolute Gasteiger partial charge is 0.405 e. The molecule has 4 heteroatoms. The third-order valence-electron chi connectivity index (χ3n) is 10.6. The highest BCUT2D eigenvalue weighted by Gasteiger charge is 2.17. The molecule has 0 fully saturated rings. The average molecular weight is 763 g/mol. The molecule has 0 aliphatic carbocycles. The van der Waals surface area contributed by atoms with Crippen molar-refractivity contribution in [3.05, 3.63) is 186 Å². The molecule has 3 unspecified atom stereocenters. The summed E-state index contributed by atoms with van der Waals surface area (Å²) < 4.78 is 0.